The molecule has 6 atom stereocenters. The summed E-state index contributed by atoms with van der Waals surface area (Å²) in [5.74, 6) is -12.8. The number of hydrogen-bond acceptors (Lipinski definition) is 10. The standard InChI is InChI=1S/C27H31NO10/c1-11(29)38-8-4-7-26(2,3)14-6-5-12-9-13-18(22(33)17(12)21(14)32)23(34)27(37)15(20(13)31)10-16(30)19(24(27)35)25(28)36/h5-6,13,15,18-20,31-32,37H,4,7-10H2,1-3H3,(H2,28,36)/t13-,15-,18?,19?,20+,27+/m1/s1. The van der Waals surface area contributed by atoms with Crippen molar-refractivity contribution in [3.63, 3.8) is 0 Å². The van der Waals surface area contributed by atoms with Gasteiger partial charge in [-0.05, 0) is 30.2 Å². The fourth-order valence-electron chi connectivity index (χ4n) is 6.37. The van der Waals surface area contributed by atoms with Gasteiger partial charge in [-0.1, -0.05) is 26.0 Å². The zero-order valence-electron chi connectivity index (χ0n) is 21.4. The number of primary amides is 1. The molecule has 2 saturated carbocycles. The molecule has 3 aliphatic carbocycles. The number of phenolic OH excluding ortho intramolecular Hbond substituents is 1. The maximum Gasteiger partial charge on any atom is 0.302 e. The topological polar surface area (TPSA) is 198 Å². The molecule has 1 amide bonds. The third-order valence-corrected chi connectivity index (χ3v) is 8.37. The second-order valence-electron chi connectivity index (χ2n) is 11.1. The number of phenols is 1. The van der Waals surface area contributed by atoms with Crippen molar-refractivity contribution in [1.82, 2.24) is 0 Å². The lowest BCUT2D eigenvalue weighted by atomic mass is 9.52. The highest BCUT2D eigenvalue weighted by atomic mass is 16.5. The van der Waals surface area contributed by atoms with Gasteiger partial charge in [0.1, 0.15) is 5.75 Å². The molecule has 3 aliphatic rings. The summed E-state index contributed by atoms with van der Waals surface area (Å²) < 4.78 is 4.96. The van der Waals surface area contributed by atoms with E-state index in [-0.39, 0.29) is 24.3 Å². The molecule has 2 unspecified atom stereocenters. The van der Waals surface area contributed by atoms with Crippen LogP contribution < -0.4 is 5.73 Å². The molecule has 204 valence electrons. The fraction of sp³-hybridized carbons (Fsp3) is 0.556. The van der Waals surface area contributed by atoms with E-state index in [1.807, 2.05) is 13.8 Å². The highest BCUT2D eigenvalue weighted by Gasteiger charge is 2.69. The summed E-state index contributed by atoms with van der Waals surface area (Å²) in [4.78, 5) is 75.6. The van der Waals surface area contributed by atoms with Gasteiger partial charge in [0.05, 0.1) is 24.2 Å². The first-order valence-corrected chi connectivity index (χ1v) is 12.5. The van der Waals surface area contributed by atoms with Crippen LogP contribution in [0.5, 0.6) is 5.75 Å². The molecule has 0 aromatic heterocycles. The van der Waals surface area contributed by atoms with E-state index in [2.05, 4.69) is 0 Å². The van der Waals surface area contributed by atoms with Crippen LogP contribution in [0.3, 0.4) is 0 Å². The molecule has 11 nitrogen and oxygen atoms in total. The third-order valence-electron chi connectivity index (χ3n) is 8.37. The van der Waals surface area contributed by atoms with Crippen LogP contribution in [0.4, 0.5) is 0 Å². The Morgan fingerprint density at radius 2 is 1.79 bits per heavy atom. The van der Waals surface area contributed by atoms with Gasteiger partial charge < -0.3 is 25.8 Å². The summed E-state index contributed by atoms with van der Waals surface area (Å²) >= 11 is 0. The Morgan fingerprint density at radius 1 is 1.13 bits per heavy atom. The molecule has 0 radical (unpaired) electrons. The Labute approximate surface area is 218 Å². The number of hydrogen-bond donors (Lipinski definition) is 4. The Kier molecular flexibility index (Phi) is 6.82. The smallest absolute Gasteiger partial charge is 0.302 e. The minimum Gasteiger partial charge on any atom is -0.507 e. The van der Waals surface area contributed by atoms with Gasteiger partial charge in [0.15, 0.2) is 34.7 Å². The quantitative estimate of drug-likeness (QED) is 0.219. The molecule has 0 heterocycles. The highest BCUT2D eigenvalue weighted by molar-refractivity contribution is 6.31. The van der Waals surface area contributed by atoms with E-state index in [0.29, 0.717) is 24.0 Å². The summed E-state index contributed by atoms with van der Waals surface area (Å²) in [5, 5.41) is 33.6. The van der Waals surface area contributed by atoms with Crippen LogP contribution in [0.2, 0.25) is 0 Å². The number of amides is 1. The zero-order chi connectivity index (χ0) is 28.3. The van der Waals surface area contributed by atoms with E-state index in [0.717, 1.165) is 0 Å². The van der Waals surface area contributed by atoms with E-state index in [4.69, 9.17) is 10.5 Å². The van der Waals surface area contributed by atoms with Crippen molar-refractivity contribution < 1.29 is 48.8 Å². The van der Waals surface area contributed by atoms with Crippen molar-refractivity contribution in [2.24, 2.45) is 29.4 Å². The molecule has 0 saturated heterocycles. The monoisotopic (exact) mass is 529 g/mol. The van der Waals surface area contributed by atoms with Gasteiger partial charge in [-0.15, -0.1) is 0 Å². The number of benzene rings is 1. The number of aliphatic hydroxyl groups excluding tert-OH is 1. The minimum absolute atomic E-state index is 0.0203. The predicted molar refractivity (Wildman–Crippen MR) is 129 cm³/mol. The van der Waals surface area contributed by atoms with Gasteiger partial charge >= 0.3 is 5.97 Å². The van der Waals surface area contributed by atoms with Crippen molar-refractivity contribution in [2.45, 2.75) is 63.6 Å². The molecule has 0 aliphatic heterocycles. The number of fused-ring (bicyclic) bond motifs is 3. The van der Waals surface area contributed by atoms with Crippen molar-refractivity contribution in [2.75, 3.05) is 6.61 Å². The van der Waals surface area contributed by atoms with Crippen LogP contribution in [0, 0.1) is 23.7 Å². The van der Waals surface area contributed by atoms with E-state index < -0.39 is 82.2 Å². The average Bonchev–Trinajstić information content (AvgIpc) is 2.82. The Bertz CT molecular complexity index is 1270. The molecule has 2 fully saturated rings. The summed E-state index contributed by atoms with van der Waals surface area (Å²) in [5.41, 5.74) is 2.24. The van der Waals surface area contributed by atoms with Gasteiger partial charge in [-0.2, -0.15) is 0 Å². The fourth-order valence-corrected chi connectivity index (χ4v) is 6.37. The lowest BCUT2D eigenvalue weighted by Crippen LogP contribution is -2.72. The van der Waals surface area contributed by atoms with E-state index in [1.54, 1.807) is 12.1 Å². The first-order valence-electron chi connectivity index (χ1n) is 12.5. The molecular weight excluding hydrogens is 498 g/mol. The first-order chi connectivity index (χ1) is 17.6. The zero-order valence-corrected chi connectivity index (χ0v) is 21.4. The summed E-state index contributed by atoms with van der Waals surface area (Å²) in [7, 11) is 0. The maximum absolute atomic E-state index is 13.7. The normalized spacial score (nSPS) is 30.8. The van der Waals surface area contributed by atoms with Crippen LogP contribution in [0.1, 0.15) is 61.5 Å². The molecule has 5 N–H and O–H groups in total. The predicted octanol–water partition coefficient (Wildman–Crippen LogP) is -0.0814. The lowest BCUT2D eigenvalue weighted by Gasteiger charge is -2.51. The average molecular weight is 530 g/mol. The number of rotatable bonds is 6. The summed E-state index contributed by atoms with van der Waals surface area (Å²) in [6, 6.07) is 3.29. The van der Waals surface area contributed by atoms with Gasteiger partial charge in [-0.3, -0.25) is 28.8 Å². The number of nitrogens with two attached hydrogens (primary N) is 1. The Morgan fingerprint density at radius 3 is 2.39 bits per heavy atom. The minimum atomic E-state index is -2.94. The number of ketones is 4. The molecular formula is C27H31NO10. The SMILES string of the molecule is CC(=O)OCCCC(C)(C)c1ccc2c(c1O)C(=O)C1C(=O)[C@]3(O)C(=O)C(C(N)=O)C(=O)C[C@@H]3[C@@H](O)[C@@H]1C2. The van der Waals surface area contributed by atoms with E-state index in [9.17, 15) is 44.1 Å². The summed E-state index contributed by atoms with van der Waals surface area (Å²) in [6.07, 6.45) is -1.25. The van der Waals surface area contributed by atoms with Gasteiger partial charge in [0, 0.05) is 30.7 Å². The number of carbonyl (C=O) groups is 6. The molecule has 4 rings (SSSR count). The molecule has 0 bridgehead atoms. The number of aromatic hydroxyl groups is 1. The van der Waals surface area contributed by atoms with E-state index >= 15 is 0 Å². The first kappa shape index (κ1) is 27.6. The lowest BCUT2D eigenvalue weighted by molar-refractivity contribution is -0.188. The molecule has 1 aromatic rings. The molecule has 0 spiro atoms. The molecule has 38 heavy (non-hydrogen) atoms. The van der Waals surface area contributed by atoms with Gasteiger partial charge in [0.2, 0.25) is 5.91 Å². The van der Waals surface area contributed by atoms with E-state index in [1.165, 1.54) is 6.92 Å². The van der Waals surface area contributed by atoms with Gasteiger partial charge in [-0.25, -0.2) is 0 Å². The summed E-state index contributed by atoms with van der Waals surface area (Å²) in [6.45, 7) is 5.15. The van der Waals surface area contributed by atoms with Crippen molar-refractivity contribution >= 4 is 35.0 Å². The number of esters is 1. The Balaban J connectivity index is 1.72. The molecule has 11 heteroatoms. The van der Waals surface area contributed by atoms with Crippen LogP contribution in [0.25, 0.3) is 0 Å². The molecule has 1 aromatic carbocycles. The van der Waals surface area contributed by atoms with Crippen molar-refractivity contribution in [3.8, 4) is 5.75 Å². The van der Waals surface area contributed by atoms with Crippen LogP contribution in [-0.4, -0.2) is 68.6 Å². The number of carbonyl (C=O) groups excluding carboxylic acids is 6. The largest absolute Gasteiger partial charge is 0.507 e. The highest BCUT2D eigenvalue weighted by Crippen LogP contribution is 2.51. The van der Waals surface area contributed by atoms with Crippen molar-refractivity contribution in [1.29, 1.82) is 0 Å². The number of aliphatic hydroxyl groups is 2. The Hall–Kier alpha value is -3.44. The number of Topliss-reactive ketones (excluding diaryl/α,β-unsaturated/α-hetero) is 4. The second kappa shape index (κ2) is 9.39. The maximum atomic E-state index is 13.7. The van der Waals surface area contributed by atoms with Gasteiger partial charge in [0.25, 0.3) is 0 Å². The van der Waals surface area contributed by atoms with Crippen LogP contribution in [0.15, 0.2) is 12.1 Å². The third kappa shape index (κ3) is 4.04. The number of ether oxygens (including phenoxy) is 1. The van der Waals surface area contributed by atoms with Crippen LogP contribution in [-0.2, 0) is 40.5 Å². The van der Waals surface area contributed by atoms with Crippen LogP contribution >= 0.6 is 0 Å². The van der Waals surface area contributed by atoms with Crippen molar-refractivity contribution in [3.05, 3.63) is 28.8 Å². The second-order valence-corrected chi connectivity index (χ2v) is 11.1.